The first-order valence-electron chi connectivity index (χ1n) is 5.95. The smallest absolute Gasteiger partial charge is 0.0223 e. The van der Waals surface area contributed by atoms with Gasteiger partial charge in [-0.05, 0) is 50.4 Å². The normalized spacial score (nSPS) is 40.5. The van der Waals surface area contributed by atoms with Crippen molar-refractivity contribution in [3.8, 4) is 0 Å². The van der Waals surface area contributed by atoms with Gasteiger partial charge in [0.15, 0.2) is 0 Å². The van der Waals surface area contributed by atoms with Crippen LogP contribution in [0.2, 0.25) is 0 Å². The number of allylic oxidation sites excluding steroid dienone is 3. The molecule has 2 aliphatic rings. The largest absolute Gasteiger partial charge is 0.324 e. The quantitative estimate of drug-likeness (QED) is 0.585. The van der Waals surface area contributed by atoms with Crippen LogP contribution >= 0.6 is 0 Å². The van der Waals surface area contributed by atoms with E-state index in [1.165, 1.54) is 32.1 Å². The molecule has 0 heterocycles. The minimum absolute atomic E-state index is 0.296. The van der Waals surface area contributed by atoms with Crippen molar-refractivity contribution in [2.24, 2.45) is 17.6 Å². The Hall–Kier alpha value is -0.560. The maximum atomic E-state index is 6.02. The van der Waals surface area contributed by atoms with Gasteiger partial charge in [0.05, 0.1) is 0 Å². The summed E-state index contributed by atoms with van der Waals surface area (Å²) in [4.78, 5) is 0. The molecule has 0 aliphatic heterocycles. The summed E-state index contributed by atoms with van der Waals surface area (Å²) in [6, 6.07) is 0.296. The average molecular weight is 191 g/mol. The highest BCUT2D eigenvalue weighted by atomic mass is 14.6. The van der Waals surface area contributed by atoms with Crippen molar-refractivity contribution >= 4 is 0 Å². The molecule has 0 saturated carbocycles. The van der Waals surface area contributed by atoms with Gasteiger partial charge >= 0.3 is 0 Å². The van der Waals surface area contributed by atoms with Gasteiger partial charge in [0.25, 0.3) is 0 Å². The van der Waals surface area contributed by atoms with Crippen molar-refractivity contribution in [2.75, 3.05) is 0 Å². The van der Waals surface area contributed by atoms with E-state index in [2.05, 4.69) is 24.3 Å². The Balaban J connectivity index is 2.11. The van der Waals surface area contributed by atoms with Crippen molar-refractivity contribution in [3.63, 3.8) is 0 Å². The van der Waals surface area contributed by atoms with E-state index in [-0.39, 0.29) is 0 Å². The molecule has 2 aliphatic carbocycles. The Morgan fingerprint density at radius 1 is 0.786 bits per heavy atom. The second kappa shape index (κ2) is 4.79. The summed E-state index contributed by atoms with van der Waals surface area (Å²) in [5.74, 6) is 1.58. The molecule has 78 valence electrons. The molecule has 2 rings (SSSR count). The maximum absolute atomic E-state index is 6.02. The van der Waals surface area contributed by atoms with Crippen LogP contribution in [0.25, 0.3) is 0 Å². The van der Waals surface area contributed by atoms with Crippen LogP contribution in [-0.2, 0) is 0 Å². The van der Waals surface area contributed by atoms with Crippen molar-refractivity contribution in [2.45, 2.75) is 44.6 Å². The molecule has 1 heteroatoms. The molecule has 0 fully saturated rings. The highest BCUT2D eigenvalue weighted by Gasteiger charge is 2.15. The van der Waals surface area contributed by atoms with E-state index in [1.54, 1.807) is 0 Å². The molecule has 3 unspecified atom stereocenters. The first kappa shape index (κ1) is 9.97. The van der Waals surface area contributed by atoms with E-state index in [4.69, 9.17) is 5.73 Å². The SMILES string of the molecule is NC1/C=C\C2CCC=CC(CC1)CC2. The Morgan fingerprint density at radius 2 is 1.50 bits per heavy atom. The third-order valence-electron chi connectivity index (χ3n) is 3.52. The second-order valence-corrected chi connectivity index (χ2v) is 4.73. The number of fused-ring (bicyclic) bond motifs is 3. The summed E-state index contributed by atoms with van der Waals surface area (Å²) in [5.41, 5.74) is 6.02. The molecule has 3 atom stereocenters. The molecule has 0 saturated heterocycles. The molecule has 0 amide bonds. The highest BCUT2D eigenvalue weighted by Crippen LogP contribution is 2.27. The van der Waals surface area contributed by atoms with Gasteiger partial charge in [-0.3, -0.25) is 0 Å². The predicted molar refractivity (Wildman–Crippen MR) is 60.9 cm³/mol. The van der Waals surface area contributed by atoms with Crippen LogP contribution < -0.4 is 5.73 Å². The lowest BCUT2D eigenvalue weighted by molar-refractivity contribution is 0.436. The lowest BCUT2D eigenvalue weighted by Gasteiger charge is -2.18. The molecule has 0 radical (unpaired) electrons. The van der Waals surface area contributed by atoms with E-state index >= 15 is 0 Å². The molecular formula is C13H21N. The van der Waals surface area contributed by atoms with Gasteiger partial charge in [-0.1, -0.05) is 24.3 Å². The number of hydrogen-bond donors (Lipinski definition) is 1. The predicted octanol–water partition coefficient (Wildman–Crippen LogP) is 3.03. The van der Waals surface area contributed by atoms with E-state index < -0.39 is 0 Å². The van der Waals surface area contributed by atoms with Gasteiger partial charge < -0.3 is 5.73 Å². The number of nitrogens with two attached hydrogens (primary N) is 1. The fourth-order valence-electron chi connectivity index (χ4n) is 2.50. The summed E-state index contributed by atoms with van der Waals surface area (Å²) in [6.45, 7) is 0. The fraction of sp³-hybridized carbons (Fsp3) is 0.692. The molecular weight excluding hydrogens is 170 g/mol. The standard InChI is InChI=1S/C13H21N/c14-13-9-7-11-3-1-2-4-12(6-5-11)8-10-13/h1,3,8,10-13H,2,4-7,9,14H2/b3-1?,10-8-. The zero-order valence-corrected chi connectivity index (χ0v) is 8.86. The van der Waals surface area contributed by atoms with Crippen LogP contribution in [0.4, 0.5) is 0 Å². The van der Waals surface area contributed by atoms with Gasteiger partial charge in [0, 0.05) is 6.04 Å². The van der Waals surface area contributed by atoms with Crippen molar-refractivity contribution in [1.29, 1.82) is 0 Å². The van der Waals surface area contributed by atoms with Gasteiger partial charge in [0.2, 0.25) is 0 Å². The van der Waals surface area contributed by atoms with Crippen molar-refractivity contribution < 1.29 is 0 Å². The maximum Gasteiger partial charge on any atom is 0.0223 e. The van der Waals surface area contributed by atoms with Gasteiger partial charge in [-0.15, -0.1) is 0 Å². The zero-order valence-electron chi connectivity index (χ0n) is 8.86. The van der Waals surface area contributed by atoms with Crippen LogP contribution in [0.3, 0.4) is 0 Å². The first-order chi connectivity index (χ1) is 6.84. The third-order valence-corrected chi connectivity index (χ3v) is 3.52. The lowest BCUT2D eigenvalue weighted by atomic mass is 9.88. The Bertz CT molecular complexity index is 229. The summed E-state index contributed by atoms with van der Waals surface area (Å²) >= 11 is 0. The van der Waals surface area contributed by atoms with Gasteiger partial charge in [-0.2, -0.15) is 0 Å². The lowest BCUT2D eigenvalue weighted by Crippen LogP contribution is -2.17. The van der Waals surface area contributed by atoms with E-state index in [0.717, 1.165) is 18.3 Å². The first-order valence-corrected chi connectivity index (χ1v) is 5.95. The molecule has 14 heavy (non-hydrogen) atoms. The summed E-state index contributed by atoms with van der Waals surface area (Å²) in [7, 11) is 0. The molecule has 0 aromatic carbocycles. The van der Waals surface area contributed by atoms with E-state index in [9.17, 15) is 0 Å². The Morgan fingerprint density at radius 3 is 2.36 bits per heavy atom. The monoisotopic (exact) mass is 191 g/mol. The highest BCUT2D eigenvalue weighted by molar-refractivity contribution is 5.01. The fourth-order valence-corrected chi connectivity index (χ4v) is 2.50. The van der Waals surface area contributed by atoms with Crippen molar-refractivity contribution in [3.05, 3.63) is 24.3 Å². The average Bonchev–Trinajstić information content (AvgIpc) is 2.19. The number of rotatable bonds is 0. The molecule has 0 spiro atoms. The van der Waals surface area contributed by atoms with Gasteiger partial charge in [-0.25, -0.2) is 0 Å². The summed E-state index contributed by atoms with van der Waals surface area (Å²) in [5, 5.41) is 0. The van der Waals surface area contributed by atoms with Crippen molar-refractivity contribution in [1.82, 2.24) is 0 Å². The molecule has 2 bridgehead atoms. The third kappa shape index (κ3) is 2.71. The molecule has 1 nitrogen and oxygen atoms in total. The van der Waals surface area contributed by atoms with Crippen LogP contribution in [0.1, 0.15) is 38.5 Å². The summed E-state index contributed by atoms with van der Waals surface area (Å²) in [6.07, 6.45) is 17.1. The Kier molecular flexibility index (Phi) is 3.41. The second-order valence-electron chi connectivity index (χ2n) is 4.73. The molecule has 0 aromatic heterocycles. The molecule has 2 N–H and O–H groups in total. The van der Waals surface area contributed by atoms with Crippen LogP contribution in [0.15, 0.2) is 24.3 Å². The zero-order chi connectivity index (χ0) is 9.80. The van der Waals surface area contributed by atoms with E-state index in [1.807, 2.05) is 0 Å². The molecule has 0 aromatic rings. The minimum Gasteiger partial charge on any atom is -0.324 e. The summed E-state index contributed by atoms with van der Waals surface area (Å²) < 4.78 is 0. The number of hydrogen-bond acceptors (Lipinski definition) is 1. The van der Waals surface area contributed by atoms with E-state index in [0.29, 0.717) is 6.04 Å². The Labute approximate surface area is 87.1 Å². The van der Waals surface area contributed by atoms with Gasteiger partial charge in [0.1, 0.15) is 0 Å². The van der Waals surface area contributed by atoms with Crippen LogP contribution in [-0.4, -0.2) is 6.04 Å². The minimum atomic E-state index is 0.296. The van der Waals surface area contributed by atoms with Crippen LogP contribution in [0, 0.1) is 11.8 Å². The topological polar surface area (TPSA) is 26.0 Å². The van der Waals surface area contributed by atoms with Crippen LogP contribution in [0.5, 0.6) is 0 Å².